The number of hydrogen-bond donors (Lipinski definition) is 3. The number of rotatable bonds is 5. The van der Waals surface area contributed by atoms with Crippen molar-refractivity contribution in [3.63, 3.8) is 0 Å². The summed E-state index contributed by atoms with van der Waals surface area (Å²) >= 11 is 0. The molecule has 0 aliphatic carbocycles. The van der Waals surface area contributed by atoms with E-state index < -0.39 is 11.9 Å². The van der Waals surface area contributed by atoms with Crippen LogP contribution in [-0.4, -0.2) is 18.5 Å². The molecule has 1 aromatic carbocycles. The zero-order valence-electron chi connectivity index (χ0n) is 9.73. The molecule has 0 saturated heterocycles. The molecule has 0 spiro atoms. The van der Waals surface area contributed by atoms with Crippen molar-refractivity contribution in [1.29, 1.82) is 0 Å². The van der Waals surface area contributed by atoms with E-state index in [9.17, 15) is 4.79 Å². The zero-order chi connectivity index (χ0) is 12.1. The molecule has 1 aromatic rings. The lowest BCUT2D eigenvalue weighted by Crippen LogP contribution is -2.44. The van der Waals surface area contributed by atoms with E-state index in [2.05, 4.69) is 29.6 Å². The number of carbonyl (C=O) groups excluding carboxylic acids is 1. The van der Waals surface area contributed by atoms with Crippen LogP contribution >= 0.6 is 0 Å². The maximum Gasteiger partial charge on any atom is 0.235 e. The second-order valence-electron chi connectivity index (χ2n) is 4.05. The van der Waals surface area contributed by atoms with Crippen molar-refractivity contribution in [2.75, 3.05) is 6.54 Å². The van der Waals surface area contributed by atoms with E-state index in [1.54, 1.807) is 0 Å². The van der Waals surface area contributed by atoms with Gasteiger partial charge in [0.2, 0.25) is 5.91 Å². The number of benzene rings is 1. The monoisotopic (exact) mass is 221 g/mol. The van der Waals surface area contributed by atoms with Gasteiger partial charge in [0.25, 0.3) is 0 Å². The molecule has 16 heavy (non-hydrogen) atoms. The van der Waals surface area contributed by atoms with Crippen LogP contribution in [0.3, 0.4) is 0 Å². The maximum atomic E-state index is 10.8. The highest BCUT2D eigenvalue weighted by atomic mass is 16.1. The Balaban J connectivity index is 2.49. The summed E-state index contributed by atoms with van der Waals surface area (Å²) in [4.78, 5) is 10.8. The highest BCUT2D eigenvalue weighted by molar-refractivity contribution is 5.79. The van der Waals surface area contributed by atoms with Gasteiger partial charge in [-0.3, -0.25) is 4.79 Å². The minimum absolute atomic E-state index is 0.158. The Kier molecular flexibility index (Phi) is 4.46. The highest BCUT2D eigenvalue weighted by Gasteiger charge is 2.11. The Morgan fingerprint density at radius 2 is 1.94 bits per heavy atom. The first-order valence-electron chi connectivity index (χ1n) is 5.35. The molecular formula is C12H19N3O. The van der Waals surface area contributed by atoms with E-state index in [-0.39, 0.29) is 6.04 Å². The third-order valence-electron chi connectivity index (χ3n) is 2.59. The van der Waals surface area contributed by atoms with Crippen LogP contribution in [0, 0.1) is 6.92 Å². The molecule has 2 atom stereocenters. The molecule has 1 amide bonds. The molecule has 0 fully saturated rings. The van der Waals surface area contributed by atoms with Crippen LogP contribution in [0.5, 0.6) is 0 Å². The van der Waals surface area contributed by atoms with Crippen LogP contribution < -0.4 is 16.8 Å². The number of aryl methyl sites for hydroxylation is 1. The predicted octanol–water partition coefficient (Wildman–Crippen LogP) is 0.458. The average molecular weight is 221 g/mol. The van der Waals surface area contributed by atoms with E-state index in [0.717, 1.165) is 0 Å². The second kappa shape index (κ2) is 5.63. The SMILES string of the molecule is Cc1ccc([C@H](C)NCC(N)C(N)=O)cc1. The van der Waals surface area contributed by atoms with Crippen molar-refractivity contribution in [2.24, 2.45) is 11.5 Å². The lowest BCUT2D eigenvalue weighted by molar-refractivity contribution is -0.119. The molecule has 0 heterocycles. The molecule has 88 valence electrons. The van der Waals surface area contributed by atoms with Gasteiger partial charge in [0.15, 0.2) is 0 Å². The van der Waals surface area contributed by atoms with Gasteiger partial charge in [0.1, 0.15) is 0 Å². The van der Waals surface area contributed by atoms with E-state index in [1.807, 2.05) is 13.8 Å². The minimum atomic E-state index is -0.632. The molecule has 0 aliphatic heterocycles. The van der Waals surface area contributed by atoms with Crippen LogP contribution in [-0.2, 0) is 4.79 Å². The first-order chi connectivity index (χ1) is 7.50. The second-order valence-corrected chi connectivity index (χ2v) is 4.05. The molecule has 1 rings (SSSR count). The van der Waals surface area contributed by atoms with Crippen molar-refractivity contribution >= 4 is 5.91 Å². The van der Waals surface area contributed by atoms with E-state index in [4.69, 9.17) is 11.5 Å². The van der Waals surface area contributed by atoms with Crippen molar-refractivity contribution < 1.29 is 4.79 Å². The lowest BCUT2D eigenvalue weighted by Gasteiger charge is -2.16. The normalized spacial score (nSPS) is 14.4. The number of hydrogen-bond acceptors (Lipinski definition) is 3. The summed E-state index contributed by atoms with van der Waals surface area (Å²) < 4.78 is 0. The molecule has 4 nitrogen and oxygen atoms in total. The number of primary amides is 1. The van der Waals surface area contributed by atoms with E-state index >= 15 is 0 Å². The smallest absolute Gasteiger partial charge is 0.235 e. The fourth-order valence-corrected chi connectivity index (χ4v) is 1.38. The van der Waals surface area contributed by atoms with Crippen LogP contribution in [0.15, 0.2) is 24.3 Å². The zero-order valence-corrected chi connectivity index (χ0v) is 9.73. The molecule has 0 aliphatic rings. The summed E-state index contributed by atoms with van der Waals surface area (Å²) in [5, 5.41) is 3.17. The molecule has 0 aromatic heterocycles. The quantitative estimate of drug-likeness (QED) is 0.675. The molecule has 0 saturated carbocycles. The molecule has 0 radical (unpaired) electrons. The van der Waals surface area contributed by atoms with Gasteiger partial charge in [-0.2, -0.15) is 0 Å². The van der Waals surface area contributed by atoms with Crippen molar-refractivity contribution in [3.8, 4) is 0 Å². The van der Waals surface area contributed by atoms with Gasteiger partial charge in [0.05, 0.1) is 6.04 Å². The number of amides is 1. The number of nitrogens with two attached hydrogens (primary N) is 2. The van der Waals surface area contributed by atoms with Crippen molar-refractivity contribution in [1.82, 2.24) is 5.32 Å². The summed E-state index contributed by atoms with van der Waals surface area (Å²) in [5.41, 5.74) is 13.0. The van der Waals surface area contributed by atoms with E-state index in [1.165, 1.54) is 11.1 Å². The summed E-state index contributed by atoms with van der Waals surface area (Å²) in [6.07, 6.45) is 0. The summed E-state index contributed by atoms with van der Waals surface area (Å²) in [6, 6.07) is 7.76. The molecule has 4 heteroatoms. The Hall–Kier alpha value is -1.39. The van der Waals surface area contributed by atoms with E-state index in [0.29, 0.717) is 6.54 Å². The summed E-state index contributed by atoms with van der Waals surface area (Å²) in [5.74, 6) is -0.483. The first kappa shape index (κ1) is 12.7. The Morgan fingerprint density at radius 1 is 1.38 bits per heavy atom. The topological polar surface area (TPSA) is 81.1 Å². The van der Waals surface area contributed by atoms with Crippen molar-refractivity contribution in [3.05, 3.63) is 35.4 Å². The number of nitrogens with one attached hydrogen (secondary N) is 1. The molecule has 0 bridgehead atoms. The fraction of sp³-hybridized carbons (Fsp3) is 0.417. The Bertz CT molecular complexity index is 348. The van der Waals surface area contributed by atoms with Gasteiger partial charge in [-0.15, -0.1) is 0 Å². The Labute approximate surface area is 96.0 Å². The van der Waals surface area contributed by atoms with Gasteiger partial charge in [-0.25, -0.2) is 0 Å². The van der Waals surface area contributed by atoms with Crippen LogP contribution in [0.2, 0.25) is 0 Å². The van der Waals surface area contributed by atoms with Crippen molar-refractivity contribution in [2.45, 2.75) is 25.9 Å². The molecule has 5 N–H and O–H groups in total. The third-order valence-corrected chi connectivity index (χ3v) is 2.59. The average Bonchev–Trinajstić information content (AvgIpc) is 2.26. The van der Waals surface area contributed by atoms with Crippen LogP contribution in [0.25, 0.3) is 0 Å². The predicted molar refractivity (Wildman–Crippen MR) is 64.8 cm³/mol. The number of carbonyl (C=O) groups is 1. The van der Waals surface area contributed by atoms with Crippen LogP contribution in [0.4, 0.5) is 0 Å². The van der Waals surface area contributed by atoms with Crippen LogP contribution in [0.1, 0.15) is 24.1 Å². The maximum absolute atomic E-state index is 10.8. The molecular weight excluding hydrogens is 202 g/mol. The van der Waals surface area contributed by atoms with Gasteiger partial charge in [-0.05, 0) is 19.4 Å². The lowest BCUT2D eigenvalue weighted by atomic mass is 10.1. The fourth-order valence-electron chi connectivity index (χ4n) is 1.38. The standard InChI is InChI=1S/C12H19N3O/c1-8-3-5-10(6-4-8)9(2)15-7-11(13)12(14)16/h3-6,9,11,15H,7,13H2,1-2H3,(H2,14,16)/t9-,11?/m0/s1. The summed E-state index contributed by atoms with van der Waals surface area (Å²) in [7, 11) is 0. The van der Waals surface area contributed by atoms with Gasteiger partial charge >= 0.3 is 0 Å². The third kappa shape index (κ3) is 3.64. The van der Waals surface area contributed by atoms with Gasteiger partial charge < -0.3 is 16.8 Å². The largest absolute Gasteiger partial charge is 0.368 e. The van der Waals surface area contributed by atoms with Gasteiger partial charge in [-0.1, -0.05) is 29.8 Å². The molecule has 1 unspecified atom stereocenters. The Morgan fingerprint density at radius 3 is 2.44 bits per heavy atom. The minimum Gasteiger partial charge on any atom is -0.368 e. The highest BCUT2D eigenvalue weighted by Crippen LogP contribution is 2.12. The summed E-state index contributed by atoms with van der Waals surface area (Å²) in [6.45, 7) is 4.47. The van der Waals surface area contributed by atoms with Gasteiger partial charge in [0, 0.05) is 12.6 Å². The first-order valence-corrected chi connectivity index (χ1v) is 5.35.